The lowest BCUT2D eigenvalue weighted by atomic mass is 9.96. The van der Waals surface area contributed by atoms with E-state index in [1.165, 1.54) is 0 Å². The summed E-state index contributed by atoms with van der Waals surface area (Å²) in [5.74, 6) is 1.31. The lowest BCUT2D eigenvalue weighted by Crippen LogP contribution is -1.96. The van der Waals surface area contributed by atoms with Gasteiger partial charge in [-0.05, 0) is 52.6 Å². The Hall–Kier alpha value is -7.50. The molecular weight excluding hydrogens is 673 g/mol. The van der Waals surface area contributed by atoms with Gasteiger partial charge in [-0.25, -0.2) is 15.0 Å². The number of benzene rings is 7. The van der Waals surface area contributed by atoms with Crippen molar-refractivity contribution in [3.63, 3.8) is 0 Å². The SMILES string of the molecule is c1ccc(-c2cc(-c3ccccc3)nc(-c3cccc(-c4cccc(-c5cccc(-c6nc(-c7ccccc7)nc7oc8ccccc8c67)c5)c4)c3)n2)cc1. The zero-order chi connectivity index (χ0) is 36.6. The molecule has 0 aliphatic rings. The van der Waals surface area contributed by atoms with Gasteiger partial charge in [0.15, 0.2) is 11.6 Å². The highest BCUT2D eigenvalue weighted by molar-refractivity contribution is 6.10. The van der Waals surface area contributed by atoms with Crippen LogP contribution in [-0.4, -0.2) is 19.9 Å². The van der Waals surface area contributed by atoms with E-state index >= 15 is 0 Å². The fourth-order valence-corrected chi connectivity index (χ4v) is 7.20. The van der Waals surface area contributed by atoms with E-state index in [4.69, 9.17) is 24.4 Å². The maximum Gasteiger partial charge on any atom is 0.231 e. The van der Waals surface area contributed by atoms with Gasteiger partial charge in [-0.15, -0.1) is 0 Å². The molecule has 258 valence electrons. The molecule has 7 aromatic carbocycles. The summed E-state index contributed by atoms with van der Waals surface area (Å²) in [4.78, 5) is 20.2. The summed E-state index contributed by atoms with van der Waals surface area (Å²) < 4.78 is 6.30. The Morgan fingerprint density at radius 3 is 1.35 bits per heavy atom. The molecule has 55 heavy (non-hydrogen) atoms. The van der Waals surface area contributed by atoms with Crippen molar-refractivity contribution in [2.45, 2.75) is 0 Å². The topological polar surface area (TPSA) is 64.7 Å². The minimum Gasteiger partial charge on any atom is -0.438 e. The van der Waals surface area contributed by atoms with Gasteiger partial charge in [-0.1, -0.05) is 164 Å². The summed E-state index contributed by atoms with van der Waals surface area (Å²) >= 11 is 0. The van der Waals surface area contributed by atoms with E-state index in [1.807, 2.05) is 84.9 Å². The molecule has 0 unspecified atom stereocenters. The monoisotopic (exact) mass is 704 g/mol. The molecule has 5 heteroatoms. The lowest BCUT2D eigenvalue weighted by molar-refractivity contribution is 0.653. The summed E-state index contributed by atoms with van der Waals surface area (Å²) in [6.07, 6.45) is 0. The van der Waals surface area contributed by atoms with Crippen LogP contribution in [0, 0.1) is 0 Å². The fourth-order valence-electron chi connectivity index (χ4n) is 7.20. The highest BCUT2D eigenvalue weighted by Crippen LogP contribution is 2.38. The van der Waals surface area contributed by atoms with Crippen molar-refractivity contribution in [2.75, 3.05) is 0 Å². The van der Waals surface area contributed by atoms with E-state index < -0.39 is 0 Å². The molecule has 5 nitrogen and oxygen atoms in total. The number of hydrogen-bond donors (Lipinski definition) is 0. The standard InChI is InChI=1S/C50H32N4O/c1-4-15-33(16-5-1)43-32-44(34-17-6-2-7-18-34)52-49(51-43)41-26-14-24-39(31-41)37-22-12-21-36(29-37)38-23-13-25-40(30-38)47-46-42-27-10-11-28-45(42)55-50(46)54-48(53-47)35-19-8-3-9-20-35/h1-32H. The summed E-state index contributed by atoms with van der Waals surface area (Å²) in [5, 5.41) is 1.90. The van der Waals surface area contributed by atoms with Gasteiger partial charge in [0.25, 0.3) is 0 Å². The number of hydrogen-bond acceptors (Lipinski definition) is 5. The Bertz CT molecular complexity index is 2920. The van der Waals surface area contributed by atoms with Gasteiger partial charge in [0, 0.05) is 33.2 Å². The molecule has 0 bridgehead atoms. The van der Waals surface area contributed by atoms with E-state index in [1.54, 1.807) is 0 Å². The van der Waals surface area contributed by atoms with E-state index in [0.717, 1.165) is 83.5 Å². The number of aromatic nitrogens is 4. The highest BCUT2D eigenvalue weighted by Gasteiger charge is 2.19. The minimum absolute atomic E-state index is 0.575. The third-order valence-corrected chi connectivity index (χ3v) is 9.92. The number of fused-ring (bicyclic) bond motifs is 3. The fraction of sp³-hybridized carbons (Fsp3) is 0. The van der Waals surface area contributed by atoms with E-state index in [0.29, 0.717) is 17.4 Å². The van der Waals surface area contributed by atoms with Crippen LogP contribution in [-0.2, 0) is 0 Å². The number of para-hydroxylation sites is 1. The molecule has 0 aliphatic heterocycles. The first kappa shape index (κ1) is 32.2. The normalized spacial score (nSPS) is 11.3. The Balaban J connectivity index is 1.05. The summed E-state index contributed by atoms with van der Waals surface area (Å²) in [6.45, 7) is 0. The van der Waals surface area contributed by atoms with E-state index in [2.05, 4.69) is 109 Å². The molecule has 0 aliphatic carbocycles. The number of furan rings is 1. The largest absolute Gasteiger partial charge is 0.438 e. The van der Waals surface area contributed by atoms with Crippen molar-refractivity contribution >= 4 is 22.1 Å². The van der Waals surface area contributed by atoms with Gasteiger partial charge in [0.05, 0.1) is 22.5 Å². The molecule has 0 radical (unpaired) electrons. The van der Waals surface area contributed by atoms with Gasteiger partial charge < -0.3 is 4.42 Å². The molecule has 0 atom stereocenters. The van der Waals surface area contributed by atoms with Gasteiger partial charge in [-0.2, -0.15) is 4.98 Å². The Morgan fingerprint density at radius 2 is 0.745 bits per heavy atom. The van der Waals surface area contributed by atoms with Crippen LogP contribution < -0.4 is 0 Å². The number of nitrogens with zero attached hydrogens (tertiary/aromatic N) is 4. The molecule has 0 spiro atoms. The second kappa shape index (κ2) is 13.8. The van der Waals surface area contributed by atoms with Crippen LogP contribution in [0.15, 0.2) is 199 Å². The number of rotatable bonds is 7. The maximum absolute atomic E-state index is 6.30. The molecule has 10 rings (SSSR count). The van der Waals surface area contributed by atoms with E-state index in [-0.39, 0.29) is 0 Å². The molecule has 3 heterocycles. The average Bonchev–Trinajstić information content (AvgIpc) is 3.66. The molecule has 0 amide bonds. The highest BCUT2D eigenvalue weighted by atomic mass is 16.3. The zero-order valence-electron chi connectivity index (χ0n) is 29.7. The van der Waals surface area contributed by atoms with Crippen molar-refractivity contribution in [3.8, 4) is 78.8 Å². The predicted molar refractivity (Wildman–Crippen MR) is 223 cm³/mol. The molecule has 0 fully saturated rings. The molecule has 0 N–H and O–H groups in total. The van der Waals surface area contributed by atoms with Gasteiger partial charge >= 0.3 is 0 Å². The maximum atomic E-state index is 6.30. The van der Waals surface area contributed by atoms with E-state index in [9.17, 15) is 0 Å². The van der Waals surface area contributed by atoms with Crippen LogP contribution in [0.4, 0.5) is 0 Å². The predicted octanol–water partition coefficient (Wildman–Crippen LogP) is 12.8. The Kier molecular flexibility index (Phi) is 8.08. The second-order valence-electron chi connectivity index (χ2n) is 13.5. The van der Waals surface area contributed by atoms with Crippen LogP contribution in [0.3, 0.4) is 0 Å². The summed E-state index contributed by atoms with van der Waals surface area (Å²) in [6, 6.07) is 66.5. The van der Waals surface area contributed by atoms with Crippen LogP contribution in [0.5, 0.6) is 0 Å². The molecular formula is C50H32N4O. The molecule has 3 aromatic heterocycles. The quantitative estimate of drug-likeness (QED) is 0.165. The van der Waals surface area contributed by atoms with Gasteiger partial charge in [0.2, 0.25) is 5.71 Å². The zero-order valence-corrected chi connectivity index (χ0v) is 29.7. The lowest BCUT2D eigenvalue weighted by Gasteiger charge is -2.12. The first-order chi connectivity index (χ1) is 27.2. The third kappa shape index (κ3) is 6.24. The Labute approximate surface area is 318 Å². The Morgan fingerprint density at radius 1 is 0.309 bits per heavy atom. The van der Waals surface area contributed by atoms with Crippen molar-refractivity contribution in [1.29, 1.82) is 0 Å². The second-order valence-corrected chi connectivity index (χ2v) is 13.5. The van der Waals surface area contributed by atoms with Gasteiger partial charge in [-0.3, -0.25) is 0 Å². The van der Waals surface area contributed by atoms with Crippen LogP contribution >= 0.6 is 0 Å². The van der Waals surface area contributed by atoms with Crippen LogP contribution in [0.25, 0.3) is 101 Å². The van der Waals surface area contributed by atoms with Gasteiger partial charge in [0.1, 0.15) is 5.58 Å². The molecule has 0 saturated heterocycles. The van der Waals surface area contributed by atoms with Crippen molar-refractivity contribution in [3.05, 3.63) is 194 Å². The average molecular weight is 705 g/mol. The third-order valence-electron chi connectivity index (χ3n) is 9.92. The minimum atomic E-state index is 0.575. The van der Waals surface area contributed by atoms with Crippen LogP contribution in [0.2, 0.25) is 0 Å². The van der Waals surface area contributed by atoms with Crippen LogP contribution in [0.1, 0.15) is 0 Å². The first-order valence-electron chi connectivity index (χ1n) is 18.3. The van der Waals surface area contributed by atoms with Crippen molar-refractivity contribution < 1.29 is 4.42 Å². The van der Waals surface area contributed by atoms with Crippen molar-refractivity contribution in [2.24, 2.45) is 0 Å². The van der Waals surface area contributed by atoms with Crippen molar-refractivity contribution in [1.82, 2.24) is 19.9 Å². The summed E-state index contributed by atoms with van der Waals surface area (Å²) in [5.41, 5.74) is 13.3. The first-order valence-corrected chi connectivity index (χ1v) is 18.3. The molecule has 0 saturated carbocycles. The smallest absolute Gasteiger partial charge is 0.231 e. The summed E-state index contributed by atoms with van der Waals surface area (Å²) in [7, 11) is 0. The molecule has 10 aromatic rings.